The second kappa shape index (κ2) is 6.08. The second-order valence-electron chi connectivity index (χ2n) is 5.37. The Kier molecular flexibility index (Phi) is 4.07. The van der Waals surface area contributed by atoms with Crippen molar-refractivity contribution in [1.82, 2.24) is 14.4 Å². The van der Waals surface area contributed by atoms with Crippen molar-refractivity contribution >= 4 is 23.2 Å². The van der Waals surface area contributed by atoms with Crippen molar-refractivity contribution in [2.24, 2.45) is 0 Å². The molecule has 3 rings (SSSR count). The fraction of sp³-hybridized carbons (Fsp3) is 0.188. The minimum atomic E-state index is -4.58. The summed E-state index contributed by atoms with van der Waals surface area (Å²) in [5.74, 6) is -0.374. The normalized spacial score (nSPS) is 11.7. The van der Waals surface area contributed by atoms with Gasteiger partial charge in [0.1, 0.15) is 11.5 Å². The van der Waals surface area contributed by atoms with Crippen LogP contribution in [0.5, 0.6) is 0 Å². The number of nitrogens with two attached hydrogens (primary N) is 1. The molecule has 0 saturated carbocycles. The van der Waals surface area contributed by atoms with Crippen molar-refractivity contribution in [2.45, 2.75) is 19.5 Å². The number of rotatable bonds is 3. The Morgan fingerprint density at radius 3 is 2.72 bits per heavy atom. The number of pyridine rings is 2. The zero-order valence-electron chi connectivity index (χ0n) is 13.1. The van der Waals surface area contributed by atoms with Crippen LogP contribution in [-0.4, -0.2) is 20.3 Å². The summed E-state index contributed by atoms with van der Waals surface area (Å²) in [4.78, 5) is 19.3. The third kappa shape index (κ3) is 3.39. The third-order valence-corrected chi connectivity index (χ3v) is 3.60. The topological polar surface area (TPSA) is 85.3 Å². The van der Waals surface area contributed by atoms with Crippen molar-refractivity contribution in [2.75, 3.05) is 11.1 Å². The molecule has 0 aliphatic heterocycles. The molecule has 0 saturated heterocycles. The SMILES string of the molecule is CCC(=O)Nc1cn2cc(-c3cnc(N)c(C(F)(F)F)c3)ccc2n1. The van der Waals surface area contributed by atoms with E-state index in [9.17, 15) is 18.0 Å². The summed E-state index contributed by atoms with van der Waals surface area (Å²) in [5, 5.41) is 2.63. The molecule has 3 aromatic heterocycles. The molecule has 0 fully saturated rings. The monoisotopic (exact) mass is 349 g/mol. The summed E-state index contributed by atoms with van der Waals surface area (Å²) in [6.45, 7) is 1.72. The summed E-state index contributed by atoms with van der Waals surface area (Å²) in [5.41, 5.74) is 5.68. The number of nitrogens with one attached hydrogen (secondary N) is 1. The van der Waals surface area contributed by atoms with Crippen LogP contribution < -0.4 is 11.1 Å². The number of alkyl halides is 3. The predicted octanol–water partition coefficient (Wildman–Crippen LogP) is 3.35. The largest absolute Gasteiger partial charge is 0.419 e. The number of anilines is 2. The van der Waals surface area contributed by atoms with Crippen LogP contribution in [0.2, 0.25) is 0 Å². The molecule has 0 aliphatic rings. The number of carbonyl (C=O) groups is 1. The van der Waals surface area contributed by atoms with E-state index in [1.54, 1.807) is 35.9 Å². The number of imidazole rings is 1. The van der Waals surface area contributed by atoms with Gasteiger partial charge in [-0.2, -0.15) is 13.2 Å². The number of carbonyl (C=O) groups excluding carboxylic acids is 1. The molecule has 0 spiro atoms. The highest BCUT2D eigenvalue weighted by Gasteiger charge is 2.34. The fourth-order valence-electron chi connectivity index (χ4n) is 2.31. The standard InChI is InChI=1S/C16H14F3N5O/c1-2-14(25)23-12-8-24-7-9(3-4-13(24)22-12)10-5-11(16(17,18)19)15(20)21-6-10/h3-8H,2H2,1H3,(H2,20,21)(H,23,25). The Morgan fingerprint density at radius 1 is 1.28 bits per heavy atom. The lowest BCUT2D eigenvalue weighted by atomic mass is 10.1. The van der Waals surface area contributed by atoms with Gasteiger partial charge in [-0.3, -0.25) is 4.79 Å². The molecule has 3 N–H and O–H groups in total. The first kappa shape index (κ1) is 16.7. The van der Waals surface area contributed by atoms with Gasteiger partial charge in [-0.15, -0.1) is 0 Å². The van der Waals surface area contributed by atoms with Crippen LogP contribution in [-0.2, 0) is 11.0 Å². The van der Waals surface area contributed by atoms with Gasteiger partial charge in [0.15, 0.2) is 5.82 Å². The highest BCUT2D eigenvalue weighted by Crippen LogP contribution is 2.35. The maximum Gasteiger partial charge on any atom is 0.419 e. The number of aromatic nitrogens is 3. The molecule has 0 radical (unpaired) electrons. The van der Waals surface area contributed by atoms with Crippen LogP contribution in [0.3, 0.4) is 0 Å². The second-order valence-corrected chi connectivity index (χ2v) is 5.37. The molecule has 25 heavy (non-hydrogen) atoms. The summed E-state index contributed by atoms with van der Waals surface area (Å²) in [6.07, 6.45) is 0.210. The Labute approximate surface area is 140 Å². The van der Waals surface area contributed by atoms with E-state index in [0.717, 1.165) is 6.07 Å². The van der Waals surface area contributed by atoms with E-state index in [2.05, 4.69) is 15.3 Å². The van der Waals surface area contributed by atoms with E-state index in [1.807, 2.05) is 0 Å². The van der Waals surface area contributed by atoms with E-state index < -0.39 is 17.6 Å². The summed E-state index contributed by atoms with van der Waals surface area (Å²) in [6, 6.07) is 4.22. The molecule has 3 aromatic rings. The van der Waals surface area contributed by atoms with Gasteiger partial charge in [-0.25, -0.2) is 9.97 Å². The molecule has 130 valence electrons. The predicted molar refractivity (Wildman–Crippen MR) is 86.8 cm³/mol. The van der Waals surface area contributed by atoms with Gasteiger partial charge in [0, 0.05) is 29.9 Å². The molecule has 1 amide bonds. The molecule has 3 heterocycles. The van der Waals surface area contributed by atoms with Crippen LogP contribution >= 0.6 is 0 Å². The first-order valence-electron chi connectivity index (χ1n) is 7.39. The Morgan fingerprint density at radius 2 is 2.04 bits per heavy atom. The average molecular weight is 349 g/mol. The van der Waals surface area contributed by atoms with Crippen LogP contribution in [0.1, 0.15) is 18.9 Å². The van der Waals surface area contributed by atoms with Gasteiger partial charge >= 0.3 is 6.18 Å². The zero-order valence-corrected chi connectivity index (χ0v) is 13.1. The lowest BCUT2D eigenvalue weighted by Crippen LogP contribution is -2.10. The van der Waals surface area contributed by atoms with Crippen molar-refractivity contribution in [3.63, 3.8) is 0 Å². The molecule has 0 atom stereocenters. The van der Waals surface area contributed by atoms with Gasteiger partial charge in [-0.1, -0.05) is 6.92 Å². The van der Waals surface area contributed by atoms with Crippen LogP contribution in [0, 0.1) is 0 Å². The first-order chi connectivity index (χ1) is 11.8. The van der Waals surface area contributed by atoms with Crippen molar-refractivity contribution in [3.8, 4) is 11.1 Å². The fourth-order valence-corrected chi connectivity index (χ4v) is 2.31. The highest BCUT2D eigenvalue weighted by atomic mass is 19.4. The molecule has 0 aromatic carbocycles. The Balaban J connectivity index is 2.00. The number of halogens is 3. The molecular formula is C16H14F3N5O. The molecule has 0 bridgehead atoms. The van der Waals surface area contributed by atoms with Crippen molar-refractivity contribution < 1.29 is 18.0 Å². The van der Waals surface area contributed by atoms with Gasteiger partial charge in [0.05, 0.1) is 11.8 Å². The minimum Gasteiger partial charge on any atom is -0.383 e. The highest BCUT2D eigenvalue weighted by molar-refractivity contribution is 5.89. The van der Waals surface area contributed by atoms with Crippen molar-refractivity contribution in [1.29, 1.82) is 0 Å². The van der Waals surface area contributed by atoms with Gasteiger partial charge in [0.2, 0.25) is 5.91 Å². The maximum absolute atomic E-state index is 13.0. The third-order valence-electron chi connectivity index (χ3n) is 3.60. The maximum atomic E-state index is 13.0. The average Bonchev–Trinajstić information content (AvgIpc) is 2.95. The number of nitrogen functional groups attached to an aromatic ring is 1. The molecular weight excluding hydrogens is 335 g/mol. The number of hydrogen-bond acceptors (Lipinski definition) is 4. The quantitative estimate of drug-likeness (QED) is 0.759. The lowest BCUT2D eigenvalue weighted by Gasteiger charge is -2.11. The van der Waals surface area contributed by atoms with E-state index >= 15 is 0 Å². The number of nitrogens with zero attached hydrogens (tertiary/aromatic N) is 3. The molecule has 0 unspecified atom stereocenters. The number of fused-ring (bicyclic) bond motifs is 1. The summed E-state index contributed by atoms with van der Waals surface area (Å²) in [7, 11) is 0. The molecule has 0 aliphatic carbocycles. The zero-order chi connectivity index (χ0) is 18.2. The van der Waals surface area contributed by atoms with Crippen LogP contribution in [0.4, 0.5) is 24.8 Å². The van der Waals surface area contributed by atoms with E-state index in [-0.39, 0.29) is 11.5 Å². The lowest BCUT2D eigenvalue weighted by molar-refractivity contribution is -0.137. The Bertz CT molecular complexity index is 949. The smallest absolute Gasteiger partial charge is 0.383 e. The molecule has 9 heteroatoms. The van der Waals surface area contributed by atoms with E-state index in [1.165, 1.54) is 6.20 Å². The van der Waals surface area contributed by atoms with E-state index in [0.29, 0.717) is 23.4 Å². The van der Waals surface area contributed by atoms with Gasteiger partial charge in [0.25, 0.3) is 0 Å². The summed E-state index contributed by atoms with van der Waals surface area (Å²) < 4.78 is 40.6. The van der Waals surface area contributed by atoms with Crippen LogP contribution in [0.15, 0.2) is 36.8 Å². The first-order valence-corrected chi connectivity index (χ1v) is 7.39. The van der Waals surface area contributed by atoms with E-state index in [4.69, 9.17) is 5.73 Å². The van der Waals surface area contributed by atoms with Crippen molar-refractivity contribution in [3.05, 3.63) is 42.4 Å². The Hall–Kier alpha value is -3.10. The number of hydrogen-bond donors (Lipinski definition) is 2. The van der Waals surface area contributed by atoms with Gasteiger partial charge in [-0.05, 0) is 18.2 Å². The van der Waals surface area contributed by atoms with Crippen LogP contribution in [0.25, 0.3) is 16.8 Å². The summed E-state index contributed by atoms with van der Waals surface area (Å²) >= 11 is 0. The molecule has 6 nitrogen and oxygen atoms in total. The number of amides is 1. The van der Waals surface area contributed by atoms with Gasteiger partial charge < -0.3 is 15.5 Å². The minimum absolute atomic E-state index is 0.179.